The molecule has 0 aliphatic carbocycles. The van der Waals surface area contributed by atoms with Gasteiger partial charge < -0.3 is 15.6 Å². The van der Waals surface area contributed by atoms with Crippen LogP contribution >= 0.6 is 27.3 Å². The van der Waals surface area contributed by atoms with Gasteiger partial charge in [-0.3, -0.25) is 4.79 Å². The molecule has 1 heterocycles. The summed E-state index contributed by atoms with van der Waals surface area (Å²) in [4.78, 5) is 14.7. The van der Waals surface area contributed by atoms with Crippen molar-refractivity contribution in [3.05, 3.63) is 15.0 Å². The van der Waals surface area contributed by atoms with Crippen LogP contribution < -0.4 is 5.73 Å². The molecule has 0 bridgehead atoms. The number of nitrogens with zero attached hydrogens (tertiary/aromatic N) is 1. The Kier molecular flexibility index (Phi) is 5.37. The van der Waals surface area contributed by atoms with Crippen LogP contribution in [0, 0.1) is 0 Å². The second-order valence-corrected chi connectivity index (χ2v) is 4.72. The summed E-state index contributed by atoms with van der Waals surface area (Å²) in [5.74, 6) is -1.34. The van der Waals surface area contributed by atoms with E-state index in [2.05, 4.69) is 20.9 Å². The molecule has 1 rings (SSSR count). The highest BCUT2D eigenvalue weighted by Crippen LogP contribution is 2.26. The number of carboxylic acid groups (broad SMARTS) is 1. The molecule has 17 heavy (non-hydrogen) atoms. The highest BCUT2D eigenvalue weighted by atomic mass is 79.9. The monoisotopic (exact) mass is 330 g/mol. The fourth-order valence-electron chi connectivity index (χ4n) is 1.03. The van der Waals surface area contributed by atoms with Crippen molar-refractivity contribution in [1.82, 2.24) is 4.98 Å². The Morgan fingerprint density at radius 1 is 1.71 bits per heavy atom. The number of rotatable bonds is 6. The van der Waals surface area contributed by atoms with Crippen LogP contribution in [0.15, 0.2) is 9.98 Å². The molecule has 0 fully saturated rings. The fourth-order valence-corrected chi connectivity index (χ4v) is 2.39. The number of carboxylic acids is 1. The lowest BCUT2D eigenvalue weighted by atomic mass is 10.2. The normalized spacial score (nSPS) is 14.9. The van der Waals surface area contributed by atoms with E-state index in [4.69, 9.17) is 15.6 Å². The van der Waals surface area contributed by atoms with Crippen molar-refractivity contribution in [1.29, 1.82) is 0 Å². The minimum absolute atomic E-state index is 0.243. The Balaban J connectivity index is 2.82. The summed E-state index contributed by atoms with van der Waals surface area (Å²) in [5, 5.41) is 10.6. The van der Waals surface area contributed by atoms with Gasteiger partial charge >= 0.3 is 5.97 Å². The summed E-state index contributed by atoms with van der Waals surface area (Å²) in [5.41, 5.74) is 5.37. The third-order valence-electron chi connectivity index (χ3n) is 1.75. The first kappa shape index (κ1) is 14.4. The maximum absolute atomic E-state index is 12.0. The predicted octanol–water partition coefficient (Wildman–Crippen LogP) is 1.64. The summed E-state index contributed by atoms with van der Waals surface area (Å²) in [7, 11) is 0. The average Bonchev–Trinajstić information content (AvgIpc) is 2.64. The molecule has 0 amide bonds. The molecular formula is C8H9BrF2N2O3S. The van der Waals surface area contributed by atoms with Gasteiger partial charge in [0.1, 0.15) is 28.4 Å². The molecule has 0 saturated carbocycles. The van der Waals surface area contributed by atoms with Gasteiger partial charge in [-0.05, 0) is 15.9 Å². The number of ether oxygens (including phenoxy) is 1. The van der Waals surface area contributed by atoms with Crippen molar-refractivity contribution in [2.75, 3.05) is 6.61 Å². The molecule has 0 radical (unpaired) electrons. The first-order valence-corrected chi connectivity index (χ1v) is 6.08. The summed E-state index contributed by atoms with van der Waals surface area (Å²) in [6.45, 7) is -0.886. The number of hydrogen-bond acceptors (Lipinski definition) is 5. The first-order chi connectivity index (χ1) is 7.91. The van der Waals surface area contributed by atoms with E-state index in [9.17, 15) is 13.6 Å². The third-order valence-corrected chi connectivity index (χ3v) is 3.37. The largest absolute Gasteiger partial charge is 0.480 e. The van der Waals surface area contributed by atoms with E-state index in [0.717, 1.165) is 11.3 Å². The zero-order valence-corrected chi connectivity index (χ0v) is 10.7. The number of carbonyl (C=O) groups is 1. The molecule has 1 aromatic heterocycles. The van der Waals surface area contributed by atoms with Crippen molar-refractivity contribution in [2.45, 2.75) is 18.6 Å². The zero-order chi connectivity index (χ0) is 13.0. The number of hydrogen-bond donors (Lipinski definition) is 2. The fraction of sp³-hybridized carbons (Fsp3) is 0.500. The molecule has 0 saturated heterocycles. The maximum Gasteiger partial charge on any atom is 0.323 e. The van der Waals surface area contributed by atoms with Crippen molar-refractivity contribution in [3.8, 4) is 0 Å². The predicted molar refractivity (Wildman–Crippen MR) is 60.1 cm³/mol. The van der Waals surface area contributed by atoms with Gasteiger partial charge in [0.25, 0.3) is 6.43 Å². The van der Waals surface area contributed by atoms with Gasteiger partial charge in [0.2, 0.25) is 0 Å². The number of nitrogens with two attached hydrogens (primary N) is 1. The van der Waals surface area contributed by atoms with Crippen molar-refractivity contribution in [3.63, 3.8) is 0 Å². The molecule has 0 aliphatic rings. The van der Waals surface area contributed by atoms with E-state index in [1.165, 1.54) is 0 Å². The van der Waals surface area contributed by atoms with Gasteiger partial charge in [-0.1, -0.05) is 0 Å². The van der Waals surface area contributed by atoms with Crippen LogP contribution in [-0.2, 0) is 9.53 Å². The number of alkyl halides is 2. The molecule has 0 aromatic carbocycles. The van der Waals surface area contributed by atoms with E-state index < -0.39 is 31.1 Å². The van der Waals surface area contributed by atoms with E-state index in [0.29, 0.717) is 4.60 Å². The van der Waals surface area contributed by atoms with E-state index in [1.54, 1.807) is 5.38 Å². The molecular weight excluding hydrogens is 322 g/mol. The van der Waals surface area contributed by atoms with Gasteiger partial charge in [0.05, 0.1) is 0 Å². The van der Waals surface area contributed by atoms with Crippen LogP contribution in [0.3, 0.4) is 0 Å². The summed E-state index contributed by atoms with van der Waals surface area (Å²) in [6, 6.07) is -1.44. The lowest BCUT2D eigenvalue weighted by Crippen LogP contribution is -2.38. The second-order valence-electron chi connectivity index (χ2n) is 3.02. The Morgan fingerprint density at radius 2 is 2.35 bits per heavy atom. The van der Waals surface area contributed by atoms with Gasteiger partial charge in [-0.2, -0.15) is 0 Å². The quantitative estimate of drug-likeness (QED) is 0.828. The molecule has 1 aromatic rings. The van der Waals surface area contributed by atoms with Gasteiger partial charge in [-0.15, -0.1) is 11.3 Å². The summed E-state index contributed by atoms with van der Waals surface area (Å²) in [6.07, 6.45) is -3.88. The lowest BCUT2D eigenvalue weighted by molar-refractivity contribution is -0.144. The van der Waals surface area contributed by atoms with E-state index in [-0.39, 0.29) is 5.01 Å². The van der Waals surface area contributed by atoms with Crippen molar-refractivity contribution >= 4 is 33.2 Å². The number of aliphatic carboxylic acids is 1. The Hall–Kier alpha value is -0.640. The van der Waals surface area contributed by atoms with Crippen LogP contribution in [0.1, 0.15) is 11.1 Å². The van der Waals surface area contributed by atoms with Crippen LogP contribution in [0.25, 0.3) is 0 Å². The van der Waals surface area contributed by atoms with Crippen LogP contribution in [0.4, 0.5) is 8.78 Å². The molecule has 0 unspecified atom stereocenters. The molecule has 2 atom stereocenters. The average molecular weight is 331 g/mol. The van der Waals surface area contributed by atoms with E-state index in [1.807, 2.05) is 0 Å². The maximum atomic E-state index is 12.0. The van der Waals surface area contributed by atoms with Crippen molar-refractivity contribution < 1.29 is 23.4 Å². The van der Waals surface area contributed by atoms with Crippen LogP contribution in [0.2, 0.25) is 0 Å². The van der Waals surface area contributed by atoms with Gasteiger partial charge in [0.15, 0.2) is 0 Å². The summed E-state index contributed by atoms with van der Waals surface area (Å²) >= 11 is 4.16. The molecule has 96 valence electrons. The van der Waals surface area contributed by atoms with Crippen LogP contribution in [0.5, 0.6) is 0 Å². The third kappa shape index (κ3) is 4.26. The molecule has 3 N–H and O–H groups in total. The lowest BCUT2D eigenvalue weighted by Gasteiger charge is -2.18. The smallest absolute Gasteiger partial charge is 0.323 e. The zero-order valence-electron chi connectivity index (χ0n) is 8.35. The number of halogens is 3. The number of thiazole rings is 1. The second kappa shape index (κ2) is 6.34. The number of aromatic nitrogens is 1. The molecule has 0 aliphatic heterocycles. The Bertz CT molecular complexity index is 391. The first-order valence-electron chi connectivity index (χ1n) is 4.41. The molecule has 9 heteroatoms. The van der Waals surface area contributed by atoms with Gasteiger partial charge in [0, 0.05) is 5.38 Å². The summed E-state index contributed by atoms with van der Waals surface area (Å²) < 4.78 is 29.4. The highest BCUT2D eigenvalue weighted by Gasteiger charge is 2.30. The Labute approximate surface area is 108 Å². The molecule has 0 spiro atoms. The van der Waals surface area contributed by atoms with E-state index >= 15 is 0 Å². The molecule has 5 nitrogen and oxygen atoms in total. The van der Waals surface area contributed by atoms with Crippen molar-refractivity contribution in [2.24, 2.45) is 5.73 Å². The Morgan fingerprint density at radius 3 is 2.76 bits per heavy atom. The highest BCUT2D eigenvalue weighted by molar-refractivity contribution is 9.10. The van der Waals surface area contributed by atoms with Crippen LogP contribution in [-0.4, -0.2) is 35.1 Å². The standard InChI is InChI=1S/C8H9BrF2N2O3S/c9-3-2-17-7(13-3)6(5(12)8(14)15)16-1-4(10)11/h2,4-6H,1,12H2,(H,14,15)/t5-,6-/m0/s1. The minimum atomic E-state index is -2.69. The topological polar surface area (TPSA) is 85.4 Å². The minimum Gasteiger partial charge on any atom is -0.480 e. The van der Waals surface area contributed by atoms with Gasteiger partial charge in [-0.25, -0.2) is 13.8 Å². The SMILES string of the molecule is N[C@H](C(=O)O)[C@H](OCC(F)F)c1nc(Br)cs1.